The summed E-state index contributed by atoms with van der Waals surface area (Å²) in [5, 5.41) is 12.1. The van der Waals surface area contributed by atoms with Gasteiger partial charge in [0, 0.05) is 16.7 Å². The summed E-state index contributed by atoms with van der Waals surface area (Å²) < 4.78 is 8.93. The maximum atomic E-state index is 12.3. The van der Waals surface area contributed by atoms with Crippen LogP contribution in [0.4, 0.5) is 5.69 Å². The van der Waals surface area contributed by atoms with Gasteiger partial charge in [-0.25, -0.2) is 0 Å². The second-order valence-corrected chi connectivity index (χ2v) is 8.52. The average molecular weight is 487 g/mol. The second kappa shape index (κ2) is 10.4. The highest BCUT2D eigenvalue weighted by Gasteiger charge is 2.20. The predicted molar refractivity (Wildman–Crippen MR) is 124 cm³/mol. The topological polar surface area (TPSA) is 69.0 Å². The molecule has 0 saturated heterocycles. The first kappa shape index (κ1) is 22.1. The van der Waals surface area contributed by atoms with Gasteiger partial charge >= 0.3 is 0 Å². The molecule has 1 amide bonds. The number of aromatic nitrogens is 3. The molecule has 2 aromatic carbocycles. The average Bonchev–Trinajstić information content (AvgIpc) is 3.11. The lowest BCUT2D eigenvalue weighted by atomic mass is 10.2. The first-order valence-corrected chi connectivity index (χ1v) is 11.2. The number of aryl methyl sites for hydroxylation is 1. The number of anilines is 1. The van der Waals surface area contributed by atoms with Gasteiger partial charge in [-0.2, -0.15) is 0 Å². The summed E-state index contributed by atoms with van der Waals surface area (Å²) in [6.07, 6.45) is 1.48. The summed E-state index contributed by atoms with van der Waals surface area (Å²) in [7, 11) is 0. The second-order valence-electron chi connectivity index (χ2n) is 6.66. The van der Waals surface area contributed by atoms with E-state index in [1.165, 1.54) is 11.8 Å². The van der Waals surface area contributed by atoms with Crippen LogP contribution in [0.2, 0.25) is 0 Å². The molecule has 6 nitrogen and oxygen atoms in total. The number of nitrogens with zero attached hydrogens (tertiary/aromatic N) is 3. The van der Waals surface area contributed by atoms with Crippen molar-refractivity contribution in [1.29, 1.82) is 0 Å². The molecule has 0 saturated carbocycles. The smallest absolute Gasteiger partial charge is 0.234 e. The van der Waals surface area contributed by atoms with Gasteiger partial charge < -0.3 is 10.1 Å². The minimum absolute atomic E-state index is 0.110. The molecule has 0 aliphatic rings. The zero-order valence-electron chi connectivity index (χ0n) is 16.8. The lowest BCUT2D eigenvalue weighted by molar-refractivity contribution is -0.113. The predicted octanol–water partition coefficient (Wildman–Crippen LogP) is 5.41. The van der Waals surface area contributed by atoms with Crippen LogP contribution in [0.15, 0.2) is 70.8 Å². The fourth-order valence-corrected chi connectivity index (χ4v) is 3.83. The summed E-state index contributed by atoms with van der Waals surface area (Å²) in [6.45, 7) is 8.30. The summed E-state index contributed by atoms with van der Waals surface area (Å²) in [5.41, 5.74) is 1.87. The zero-order valence-corrected chi connectivity index (χ0v) is 19.2. The third-order valence-corrected chi connectivity index (χ3v) is 5.68. The Kier molecular flexibility index (Phi) is 7.70. The Hall–Kier alpha value is -2.58. The van der Waals surface area contributed by atoms with Crippen LogP contribution in [-0.4, -0.2) is 26.4 Å². The SMILES string of the molecule is C=CCn1c(SCC(=O)Nc2ccc(Br)cc2)nnc1C(C)Oc1cccc(C)c1. The van der Waals surface area contributed by atoms with Gasteiger partial charge in [0.05, 0.1) is 5.75 Å². The molecule has 1 heterocycles. The van der Waals surface area contributed by atoms with Crippen LogP contribution in [0, 0.1) is 6.92 Å². The molecule has 0 radical (unpaired) electrons. The molecule has 1 N–H and O–H groups in total. The van der Waals surface area contributed by atoms with E-state index in [1.54, 1.807) is 6.08 Å². The fraction of sp³-hybridized carbons (Fsp3) is 0.227. The van der Waals surface area contributed by atoms with Crippen LogP contribution >= 0.6 is 27.7 Å². The number of hydrogen-bond donors (Lipinski definition) is 1. The number of amides is 1. The molecule has 0 bridgehead atoms. The van der Waals surface area contributed by atoms with E-state index in [9.17, 15) is 4.79 Å². The molecular formula is C22H23BrN4O2S. The van der Waals surface area contributed by atoms with Gasteiger partial charge in [-0.1, -0.05) is 45.9 Å². The van der Waals surface area contributed by atoms with Gasteiger partial charge in [-0.05, 0) is 55.8 Å². The van der Waals surface area contributed by atoms with E-state index < -0.39 is 0 Å². The number of hydrogen-bond acceptors (Lipinski definition) is 5. The summed E-state index contributed by atoms with van der Waals surface area (Å²) >= 11 is 4.71. The first-order chi connectivity index (χ1) is 14.5. The van der Waals surface area contributed by atoms with Crippen LogP contribution in [0.25, 0.3) is 0 Å². The molecule has 1 unspecified atom stereocenters. The largest absolute Gasteiger partial charge is 0.483 e. The Morgan fingerprint density at radius 3 is 2.77 bits per heavy atom. The van der Waals surface area contributed by atoms with Crippen molar-refractivity contribution >= 4 is 39.3 Å². The van der Waals surface area contributed by atoms with Crippen LogP contribution < -0.4 is 10.1 Å². The van der Waals surface area contributed by atoms with E-state index in [1.807, 2.05) is 66.9 Å². The Morgan fingerprint density at radius 2 is 2.07 bits per heavy atom. The number of allylic oxidation sites excluding steroid dienone is 1. The highest BCUT2D eigenvalue weighted by Crippen LogP contribution is 2.25. The molecule has 3 aromatic rings. The molecule has 0 fully saturated rings. The summed E-state index contributed by atoms with van der Waals surface area (Å²) in [5.74, 6) is 1.57. The van der Waals surface area contributed by atoms with Crippen LogP contribution in [-0.2, 0) is 11.3 Å². The number of benzene rings is 2. The van der Waals surface area contributed by atoms with Crippen molar-refractivity contribution in [1.82, 2.24) is 14.8 Å². The van der Waals surface area contributed by atoms with Crippen molar-refractivity contribution < 1.29 is 9.53 Å². The van der Waals surface area contributed by atoms with Crippen molar-refractivity contribution in [3.63, 3.8) is 0 Å². The highest BCUT2D eigenvalue weighted by atomic mass is 79.9. The van der Waals surface area contributed by atoms with E-state index in [4.69, 9.17) is 4.74 Å². The van der Waals surface area contributed by atoms with E-state index >= 15 is 0 Å². The normalized spacial score (nSPS) is 11.7. The third-order valence-electron chi connectivity index (χ3n) is 4.18. The molecule has 0 spiro atoms. The standard InChI is InChI=1S/C22H23BrN4O2S/c1-4-12-27-21(16(3)29-19-7-5-6-15(2)13-19)25-26-22(27)30-14-20(28)24-18-10-8-17(23)9-11-18/h4-11,13,16H,1,12,14H2,2-3H3,(H,24,28). The first-order valence-electron chi connectivity index (χ1n) is 9.42. The minimum atomic E-state index is -0.301. The van der Waals surface area contributed by atoms with E-state index in [-0.39, 0.29) is 17.8 Å². The van der Waals surface area contributed by atoms with Gasteiger partial charge in [-0.15, -0.1) is 16.8 Å². The summed E-state index contributed by atoms with van der Waals surface area (Å²) in [4.78, 5) is 12.3. The van der Waals surface area contributed by atoms with Crippen molar-refractivity contribution in [3.05, 3.63) is 77.0 Å². The Balaban J connectivity index is 1.66. The number of halogens is 1. The number of carbonyl (C=O) groups excluding carboxylic acids is 1. The van der Waals surface area contributed by atoms with Crippen molar-refractivity contribution in [2.75, 3.05) is 11.1 Å². The number of carbonyl (C=O) groups is 1. The Morgan fingerprint density at radius 1 is 1.30 bits per heavy atom. The maximum Gasteiger partial charge on any atom is 0.234 e. The quantitative estimate of drug-likeness (QED) is 0.323. The number of thioether (sulfide) groups is 1. The number of nitrogens with one attached hydrogen (secondary N) is 1. The van der Waals surface area contributed by atoms with Gasteiger partial charge in [0.2, 0.25) is 5.91 Å². The van der Waals surface area contributed by atoms with Gasteiger partial charge in [0.25, 0.3) is 0 Å². The third kappa shape index (κ3) is 5.96. The van der Waals surface area contributed by atoms with Crippen molar-refractivity contribution in [2.24, 2.45) is 0 Å². The van der Waals surface area contributed by atoms with Gasteiger partial charge in [0.15, 0.2) is 17.1 Å². The van der Waals surface area contributed by atoms with E-state index in [0.29, 0.717) is 17.5 Å². The summed E-state index contributed by atoms with van der Waals surface area (Å²) in [6, 6.07) is 15.3. The molecule has 0 aliphatic heterocycles. The Bertz CT molecular complexity index is 1020. The van der Waals surface area contributed by atoms with E-state index in [2.05, 4.69) is 38.0 Å². The van der Waals surface area contributed by atoms with Gasteiger partial charge in [-0.3, -0.25) is 9.36 Å². The molecule has 3 rings (SSSR count). The van der Waals surface area contributed by atoms with Crippen LogP contribution in [0.5, 0.6) is 5.75 Å². The van der Waals surface area contributed by atoms with Crippen LogP contribution in [0.1, 0.15) is 24.4 Å². The molecule has 8 heteroatoms. The lowest BCUT2D eigenvalue weighted by Crippen LogP contribution is -2.15. The molecule has 156 valence electrons. The van der Waals surface area contributed by atoms with Crippen molar-refractivity contribution in [3.8, 4) is 5.75 Å². The number of rotatable bonds is 9. The van der Waals surface area contributed by atoms with Gasteiger partial charge in [0.1, 0.15) is 5.75 Å². The highest BCUT2D eigenvalue weighted by molar-refractivity contribution is 9.10. The maximum absolute atomic E-state index is 12.3. The minimum Gasteiger partial charge on any atom is -0.483 e. The monoisotopic (exact) mass is 486 g/mol. The lowest BCUT2D eigenvalue weighted by Gasteiger charge is -2.16. The molecule has 0 aliphatic carbocycles. The number of ether oxygens (including phenoxy) is 1. The molecular weight excluding hydrogens is 464 g/mol. The van der Waals surface area contributed by atoms with Crippen LogP contribution in [0.3, 0.4) is 0 Å². The molecule has 1 atom stereocenters. The molecule has 30 heavy (non-hydrogen) atoms. The van der Waals surface area contributed by atoms with Crippen molar-refractivity contribution in [2.45, 2.75) is 31.7 Å². The molecule has 1 aromatic heterocycles. The zero-order chi connectivity index (χ0) is 21.5. The Labute approximate surface area is 188 Å². The van der Waals surface area contributed by atoms with E-state index in [0.717, 1.165) is 21.5 Å². The fourth-order valence-electron chi connectivity index (χ4n) is 2.81.